The normalized spacial score (nSPS) is 20.1. The molecule has 3 heterocycles. The fourth-order valence-electron chi connectivity index (χ4n) is 4.76. The second-order valence-corrected chi connectivity index (χ2v) is 9.20. The second-order valence-electron chi connectivity index (χ2n) is 8.20. The van der Waals surface area contributed by atoms with Gasteiger partial charge < -0.3 is 9.64 Å². The molecule has 2 aromatic rings. The average Bonchev–Trinajstić information content (AvgIpc) is 3.27. The number of carbonyl (C=O) groups excluding carboxylic acids is 2. The summed E-state index contributed by atoms with van der Waals surface area (Å²) in [5.41, 5.74) is 2.09. The summed E-state index contributed by atoms with van der Waals surface area (Å²) in [6.07, 6.45) is 3.54. The van der Waals surface area contributed by atoms with E-state index in [1.165, 1.54) is 10.4 Å². The fourth-order valence-corrected chi connectivity index (χ4v) is 5.69. The quantitative estimate of drug-likeness (QED) is 0.650. The molecule has 5 nitrogen and oxygen atoms in total. The zero-order chi connectivity index (χ0) is 21.1. The number of hydrogen-bond donors (Lipinski definition) is 0. The van der Waals surface area contributed by atoms with Crippen LogP contribution in [-0.2, 0) is 11.2 Å². The number of likely N-dealkylation sites (tertiary alicyclic amines) is 1. The number of fused-ring (bicyclic) bond motifs is 1. The van der Waals surface area contributed by atoms with E-state index in [0.29, 0.717) is 6.54 Å². The Balaban J connectivity index is 1.31. The molecule has 1 fully saturated rings. The minimum atomic E-state index is 0.0384. The van der Waals surface area contributed by atoms with Gasteiger partial charge in [-0.05, 0) is 80.0 Å². The van der Waals surface area contributed by atoms with Crippen molar-refractivity contribution < 1.29 is 14.3 Å². The van der Waals surface area contributed by atoms with E-state index in [2.05, 4.69) is 28.2 Å². The Labute approximate surface area is 182 Å². The van der Waals surface area contributed by atoms with E-state index >= 15 is 0 Å². The van der Waals surface area contributed by atoms with Gasteiger partial charge in [0.25, 0.3) is 0 Å². The zero-order valence-corrected chi connectivity index (χ0v) is 18.6. The predicted molar refractivity (Wildman–Crippen MR) is 119 cm³/mol. The molecule has 0 radical (unpaired) electrons. The number of ketones is 1. The van der Waals surface area contributed by atoms with Crippen molar-refractivity contribution in [1.29, 1.82) is 0 Å². The van der Waals surface area contributed by atoms with Crippen LogP contribution in [0.15, 0.2) is 35.7 Å². The third-order valence-electron chi connectivity index (χ3n) is 6.49. The Bertz CT molecular complexity index is 884. The number of ether oxygens (including phenoxy) is 1. The fraction of sp³-hybridized carbons (Fsp3) is 0.500. The smallest absolute Gasteiger partial charge is 0.237 e. The molecule has 6 heteroatoms. The molecule has 0 saturated carbocycles. The predicted octanol–water partition coefficient (Wildman–Crippen LogP) is 4.19. The molecule has 0 bridgehead atoms. The van der Waals surface area contributed by atoms with E-state index in [9.17, 15) is 9.59 Å². The molecule has 0 spiro atoms. The average molecular weight is 427 g/mol. The van der Waals surface area contributed by atoms with Crippen molar-refractivity contribution in [3.8, 4) is 5.75 Å². The van der Waals surface area contributed by atoms with Crippen LogP contribution in [0.3, 0.4) is 0 Å². The minimum Gasteiger partial charge on any atom is -0.497 e. The summed E-state index contributed by atoms with van der Waals surface area (Å²) >= 11 is 1.81. The Kier molecular flexibility index (Phi) is 6.54. The molecule has 1 saturated heterocycles. The molecule has 1 aromatic carbocycles. The van der Waals surface area contributed by atoms with Crippen molar-refractivity contribution in [2.75, 3.05) is 33.3 Å². The summed E-state index contributed by atoms with van der Waals surface area (Å²) in [5, 5.41) is 2.14. The monoisotopic (exact) mass is 426 g/mol. The Morgan fingerprint density at radius 2 is 1.83 bits per heavy atom. The third-order valence-corrected chi connectivity index (χ3v) is 7.49. The first kappa shape index (κ1) is 21.1. The molecule has 4 rings (SSSR count). The van der Waals surface area contributed by atoms with E-state index in [1.54, 1.807) is 7.11 Å². The topological polar surface area (TPSA) is 49.9 Å². The van der Waals surface area contributed by atoms with Crippen molar-refractivity contribution in [3.05, 3.63) is 51.7 Å². The van der Waals surface area contributed by atoms with E-state index in [-0.39, 0.29) is 23.7 Å². The lowest BCUT2D eigenvalue weighted by Gasteiger charge is -2.38. The van der Waals surface area contributed by atoms with Crippen molar-refractivity contribution in [2.45, 2.75) is 38.6 Å². The number of thiophene rings is 1. The maximum atomic E-state index is 13.1. The Morgan fingerprint density at radius 1 is 1.10 bits per heavy atom. The van der Waals surface area contributed by atoms with E-state index < -0.39 is 0 Å². The van der Waals surface area contributed by atoms with Gasteiger partial charge in [-0.2, -0.15) is 0 Å². The molecule has 0 N–H and O–H groups in total. The molecular formula is C24H30N2O3S. The molecule has 160 valence electrons. The lowest BCUT2D eigenvalue weighted by Crippen LogP contribution is -2.47. The number of piperidine rings is 1. The molecule has 1 amide bonds. The lowest BCUT2D eigenvalue weighted by atomic mass is 9.89. The Hall–Kier alpha value is -2.18. The highest BCUT2D eigenvalue weighted by Gasteiger charge is 2.32. The van der Waals surface area contributed by atoms with Crippen LogP contribution in [0, 0.1) is 5.92 Å². The van der Waals surface area contributed by atoms with Crippen LogP contribution in [0.2, 0.25) is 0 Å². The highest BCUT2D eigenvalue weighted by molar-refractivity contribution is 7.10. The molecule has 1 aromatic heterocycles. The summed E-state index contributed by atoms with van der Waals surface area (Å²) in [5.74, 6) is 1.23. The van der Waals surface area contributed by atoms with Gasteiger partial charge in [-0.3, -0.25) is 14.5 Å². The molecule has 2 aliphatic rings. The zero-order valence-electron chi connectivity index (χ0n) is 17.8. The van der Waals surface area contributed by atoms with Crippen molar-refractivity contribution in [3.63, 3.8) is 0 Å². The van der Waals surface area contributed by atoms with Crippen LogP contribution in [0.1, 0.15) is 53.0 Å². The molecule has 0 aliphatic carbocycles. The van der Waals surface area contributed by atoms with E-state index in [4.69, 9.17) is 4.74 Å². The van der Waals surface area contributed by atoms with Crippen LogP contribution >= 0.6 is 11.3 Å². The maximum Gasteiger partial charge on any atom is 0.237 e. The number of carbonyl (C=O) groups is 2. The van der Waals surface area contributed by atoms with Gasteiger partial charge in [-0.25, -0.2) is 0 Å². The number of benzene rings is 1. The molecule has 1 atom stereocenters. The van der Waals surface area contributed by atoms with Crippen molar-refractivity contribution in [2.24, 2.45) is 5.92 Å². The molecule has 1 unspecified atom stereocenters. The van der Waals surface area contributed by atoms with Crippen LogP contribution in [0.25, 0.3) is 0 Å². The van der Waals surface area contributed by atoms with Crippen LogP contribution in [-0.4, -0.2) is 54.8 Å². The summed E-state index contributed by atoms with van der Waals surface area (Å²) in [6, 6.07) is 9.75. The van der Waals surface area contributed by atoms with Gasteiger partial charge in [0.05, 0.1) is 19.7 Å². The number of hydrogen-bond acceptors (Lipinski definition) is 5. The van der Waals surface area contributed by atoms with Crippen LogP contribution in [0.4, 0.5) is 0 Å². The number of nitrogens with zero attached hydrogens (tertiary/aromatic N) is 2. The third kappa shape index (κ3) is 4.30. The molecular weight excluding hydrogens is 396 g/mol. The second kappa shape index (κ2) is 9.31. The highest BCUT2D eigenvalue weighted by Crippen LogP contribution is 2.35. The highest BCUT2D eigenvalue weighted by atomic mass is 32.1. The number of methoxy groups -OCH3 is 1. The van der Waals surface area contributed by atoms with Crippen molar-refractivity contribution >= 4 is 23.0 Å². The number of rotatable bonds is 6. The van der Waals surface area contributed by atoms with E-state index in [1.807, 2.05) is 35.6 Å². The van der Waals surface area contributed by atoms with Gasteiger partial charge in [0.1, 0.15) is 5.75 Å². The van der Waals surface area contributed by atoms with Gasteiger partial charge in [0, 0.05) is 22.9 Å². The SMILES string of the molecule is CCC1c2ccsc2CCN1C(=O)CN1CCC(C(=O)c2ccc(OC)cc2)CC1. The summed E-state index contributed by atoms with van der Waals surface area (Å²) in [7, 11) is 1.62. The number of amides is 1. The van der Waals surface area contributed by atoms with E-state index in [0.717, 1.165) is 56.6 Å². The van der Waals surface area contributed by atoms with Crippen LogP contribution in [0.5, 0.6) is 5.75 Å². The number of Topliss-reactive ketones (excluding diaryl/α,β-unsaturated/α-hetero) is 1. The first-order chi connectivity index (χ1) is 14.6. The molecule has 30 heavy (non-hydrogen) atoms. The molecule has 2 aliphatic heterocycles. The summed E-state index contributed by atoms with van der Waals surface area (Å²) < 4.78 is 5.17. The van der Waals surface area contributed by atoms with Gasteiger partial charge in [-0.1, -0.05) is 6.92 Å². The maximum absolute atomic E-state index is 13.1. The minimum absolute atomic E-state index is 0.0384. The van der Waals surface area contributed by atoms with Gasteiger partial charge in [0.15, 0.2) is 5.78 Å². The Morgan fingerprint density at radius 3 is 2.50 bits per heavy atom. The van der Waals surface area contributed by atoms with Gasteiger partial charge in [-0.15, -0.1) is 11.3 Å². The standard InChI is InChI=1S/C24H30N2O3S/c1-3-21-20-11-15-30-22(20)10-14-26(21)23(27)16-25-12-8-18(9-13-25)24(28)17-4-6-19(29-2)7-5-17/h4-7,11,15,18,21H,3,8-10,12-14,16H2,1-2H3. The van der Waals surface area contributed by atoms with Gasteiger partial charge in [0.2, 0.25) is 5.91 Å². The lowest BCUT2D eigenvalue weighted by molar-refractivity contribution is -0.135. The van der Waals surface area contributed by atoms with Crippen LogP contribution < -0.4 is 4.74 Å². The first-order valence-electron chi connectivity index (χ1n) is 10.9. The van der Waals surface area contributed by atoms with Crippen molar-refractivity contribution in [1.82, 2.24) is 9.80 Å². The summed E-state index contributed by atoms with van der Waals surface area (Å²) in [6.45, 7) is 5.03. The first-order valence-corrected chi connectivity index (χ1v) is 11.7. The largest absolute Gasteiger partial charge is 0.497 e. The van der Waals surface area contributed by atoms with Gasteiger partial charge >= 0.3 is 0 Å². The summed E-state index contributed by atoms with van der Waals surface area (Å²) in [4.78, 5) is 31.6.